The van der Waals surface area contributed by atoms with Crippen molar-refractivity contribution in [2.24, 2.45) is 11.8 Å². The van der Waals surface area contributed by atoms with E-state index in [9.17, 15) is 15.0 Å². The van der Waals surface area contributed by atoms with Gasteiger partial charge in [-0.2, -0.15) is 0 Å². The molecule has 2 rings (SSSR count). The fourth-order valence-electron chi connectivity index (χ4n) is 3.13. The van der Waals surface area contributed by atoms with Gasteiger partial charge in [-0.15, -0.1) is 0 Å². The normalized spacial score (nSPS) is 42.5. The first-order chi connectivity index (χ1) is 9.58. The lowest BCUT2D eigenvalue weighted by Gasteiger charge is -2.23. The number of rotatable bonds is 0. The number of cyclic esters (lactones) is 1. The molecule has 0 aromatic carbocycles. The van der Waals surface area contributed by atoms with Gasteiger partial charge in [0.05, 0.1) is 18.3 Å². The number of allylic oxidation sites excluding steroid dienone is 2. The van der Waals surface area contributed by atoms with Crippen LogP contribution in [0.2, 0.25) is 0 Å². The van der Waals surface area contributed by atoms with Crippen molar-refractivity contribution < 1.29 is 19.7 Å². The zero-order valence-electron chi connectivity index (χ0n) is 11.9. The van der Waals surface area contributed by atoms with E-state index in [1.807, 2.05) is 6.92 Å². The molecule has 1 saturated carbocycles. The quantitative estimate of drug-likeness (QED) is 0.526. The van der Waals surface area contributed by atoms with Crippen LogP contribution >= 0.6 is 0 Å². The molecular formula is C16H24O4. The van der Waals surface area contributed by atoms with Gasteiger partial charge >= 0.3 is 5.97 Å². The minimum absolute atomic E-state index is 0.108. The molecule has 1 aliphatic heterocycles. The Labute approximate surface area is 120 Å². The third kappa shape index (κ3) is 3.93. The maximum atomic E-state index is 11.6. The third-order valence-corrected chi connectivity index (χ3v) is 4.24. The van der Waals surface area contributed by atoms with Gasteiger partial charge in [-0.25, -0.2) is 4.79 Å². The Hall–Kier alpha value is -1.13. The molecule has 0 saturated heterocycles. The number of hydrogen-bond donors (Lipinski definition) is 2. The third-order valence-electron chi connectivity index (χ3n) is 4.24. The molecule has 0 aromatic heterocycles. The number of aliphatic hydroxyl groups is 2. The summed E-state index contributed by atoms with van der Waals surface area (Å²) in [5, 5.41) is 20.2. The van der Waals surface area contributed by atoms with Crippen molar-refractivity contribution in [1.29, 1.82) is 0 Å². The van der Waals surface area contributed by atoms with Gasteiger partial charge in [0, 0.05) is 12.0 Å². The summed E-state index contributed by atoms with van der Waals surface area (Å²) in [6, 6.07) is 0. The molecule has 0 amide bonds. The molecule has 0 unspecified atom stereocenters. The molecule has 0 bridgehead atoms. The van der Waals surface area contributed by atoms with Gasteiger partial charge in [-0.1, -0.05) is 12.2 Å². The second kappa shape index (κ2) is 7.04. The molecule has 1 heterocycles. The van der Waals surface area contributed by atoms with Crippen LogP contribution < -0.4 is 0 Å². The molecule has 112 valence electrons. The molecule has 0 aromatic rings. The Balaban J connectivity index is 2.13. The lowest BCUT2D eigenvalue weighted by Crippen LogP contribution is -2.30. The minimum Gasteiger partial charge on any atom is -0.460 e. The van der Waals surface area contributed by atoms with E-state index >= 15 is 0 Å². The molecule has 20 heavy (non-hydrogen) atoms. The highest BCUT2D eigenvalue weighted by atomic mass is 16.5. The summed E-state index contributed by atoms with van der Waals surface area (Å²) in [5.74, 6) is -0.472. The monoisotopic (exact) mass is 280 g/mol. The van der Waals surface area contributed by atoms with Crippen molar-refractivity contribution in [1.82, 2.24) is 0 Å². The average molecular weight is 280 g/mol. The summed E-state index contributed by atoms with van der Waals surface area (Å²) < 4.78 is 5.23. The molecular weight excluding hydrogens is 256 g/mol. The molecule has 2 aliphatic rings. The van der Waals surface area contributed by atoms with E-state index in [0.717, 1.165) is 25.7 Å². The number of ether oxygens (including phenoxy) is 1. The molecule has 4 heteroatoms. The Morgan fingerprint density at radius 2 is 2.00 bits per heavy atom. The lowest BCUT2D eigenvalue weighted by molar-refractivity contribution is -0.142. The van der Waals surface area contributed by atoms with E-state index in [2.05, 4.69) is 12.2 Å². The zero-order valence-corrected chi connectivity index (χ0v) is 11.9. The first-order valence-corrected chi connectivity index (χ1v) is 7.49. The molecule has 1 aliphatic carbocycles. The van der Waals surface area contributed by atoms with Crippen molar-refractivity contribution in [3.8, 4) is 0 Å². The molecule has 0 spiro atoms. The van der Waals surface area contributed by atoms with Crippen LogP contribution in [-0.4, -0.2) is 34.5 Å². The number of carbonyl (C=O) groups is 1. The first kappa shape index (κ1) is 15.3. The van der Waals surface area contributed by atoms with Crippen molar-refractivity contribution in [3.05, 3.63) is 24.3 Å². The van der Waals surface area contributed by atoms with Crippen LogP contribution in [0.3, 0.4) is 0 Å². The van der Waals surface area contributed by atoms with Crippen molar-refractivity contribution in [3.63, 3.8) is 0 Å². The van der Waals surface area contributed by atoms with E-state index in [0.29, 0.717) is 6.42 Å². The molecule has 1 fully saturated rings. The van der Waals surface area contributed by atoms with Crippen LogP contribution in [0.4, 0.5) is 0 Å². The summed E-state index contributed by atoms with van der Waals surface area (Å²) >= 11 is 0. The number of esters is 1. The topological polar surface area (TPSA) is 66.8 Å². The van der Waals surface area contributed by atoms with Crippen LogP contribution in [0.15, 0.2) is 24.3 Å². The second-order valence-electron chi connectivity index (χ2n) is 5.84. The SMILES string of the molecule is C[C@H]1CCC/C=C/[C@@H]2CC[C@@H](O)[C@H]2[C@@H](O)/C=C/C(=O)O1. The average Bonchev–Trinajstić information content (AvgIpc) is 2.76. The maximum absolute atomic E-state index is 11.6. The van der Waals surface area contributed by atoms with Crippen molar-refractivity contribution >= 4 is 5.97 Å². The van der Waals surface area contributed by atoms with Gasteiger partial charge in [0.1, 0.15) is 0 Å². The van der Waals surface area contributed by atoms with E-state index in [1.165, 1.54) is 12.2 Å². The van der Waals surface area contributed by atoms with Gasteiger partial charge < -0.3 is 14.9 Å². The van der Waals surface area contributed by atoms with Gasteiger partial charge in [-0.3, -0.25) is 0 Å². The largest absolute Gasteiger partial charge is 0.460 e. The number of fused-ring (bicyclic) bond motifs is 1. The van der Waals surface area contributed by atoms with E-state index < -0.39 is 18.2 Å². The summed E-state index contributed by atoms with van der Waals surface area (Å²) in [6.07, 6.45) is 9.86. The van der Waals surface area contributed by atoms with Crippen molar-refractivity contribution in [2.75, 3.05) is 0 Å². The van der Waals surface area contributed by atoms with Gasteiger partial charge in [0.25, 0.3) is 0 Å². The predicted octanol–water partition coefficient (Wildman–Crippen LogP) is 1.96. The van der Waals surface area contributed by atoms with Crippen LogP contribution in [0.5, 0.6) is 0 Å². The van der Waals surface area contributed by atoms with Crippen molar-refractivity contribution in [2.45, 2.75) is 57.3 Å². The molecule has 0 radical (unpaired) electrons. The number of aliphatic hydroxyl groups excluding tert-OH is 2. The fraction of sp³-hybridized carbons (Fsp3) is 0.688. The minimum atomic E-state index is -0.814. The number of carbonyl (C=O) groups excluding carboxylic acids is 1. The van der Waals surface area contributed by atoms with Gasteiger partial charge in [0.2, 0.25) is 0 Å². The Morgan fingerprint density at radius 1 is 1.20 bits per heavy atom. The summed E-state index contributed by atoms with van der Waals surface area (Å²) in [5.41, 5.74) is 0. The molecule has 2 N–H and O–H groups in total. The second-order valence-corrected chi connectivity index (χ2v) is 5.84. The smallest absolute Gasteiger partial charge is 0.330 e. The van der Waals surface area contributed by atoms with E-state index in [1.54, 1.807) is 0 Å². The Bertz CT molecular complexity index is 388. The number of hydrogen-bond acceptors (Lipinski definition) is 4. The van der Waals surface area contributed by atoms with Crippen LogP contribution in [0.25, 0.3) is 0 Å². The lowest BCUT2D eigenvalue weighted by atomic mass is 9.88. The summed E-state index contributed by atoms with van der Waals surface area (Å²) in [4.78, 5) is 11.6. The van der Waals surface area contributed by atoms with E-state index in [4.69, 9.17) is 4.74 Å². The summed E-state index contributed by atoms with van der Waals surface area (Å²) in [7, 11) is 0. The highest BCUT2D eigenvalue weighted by Crippen LogP contribution is 2.36. The van der Waals surface area contributed by atoms with E-state index in [-0.39, 0.29) is 17.9 Å². The molecule has 5 atom stereocenters. The van der Waals surface area contributed by atoms with Gasteiger partial charge in [0.15, 0.2) is 0 Å². The Kier molecular flexibility index (Phi) is 5.38. The molecule has 4 nitrogen and oxygen atoms in total. The zero-order chi connectivity index (χ0) is 14.5. The standard InChI is InChI=1S/C16H24O4/c1-11-5-3-2-4-6-12-7-8-13(17)16(12)14(18)9-10-15(19)20-11/h4,6,9-14,16-18H,2-3,5,7-8H2,1H3/b6-4+,10-9+/t11-,12+,13+,14-,16-/m0/s1. The highest BCUT2D eigenvalue weighted by molar-refractivity contribution is 5.82. The Morgan fingerprint density at radius 3 is 2.80 bits per heavy atom. The van der Waals surface area contributed by atoms with Crippen LogP contribution in [-0.2, 0) is 9.53 Å². The van der Waals surface area contributed by atoms with Crippen LogP contribution in [0, 0.1) is 11.8 Å². The van der Waals surface area contributed by atoms with Crippen LogP contribution in [0.1, 0.15) is 39.0 Å². The highest BCUT2D eigenvalue weighted by Gasteiger charge is 2.37. The fourth-order valence-corrected chi connectivity index (χ4v) is 3.13. The maximum Gasteiger partial charge on any atom is 0.330 e. The summed E-state index contributed by atoms with van der Waals surface area (Å²) in [6.45, 7) is 1.88. The van der Waals surface area contributed by atoms with Gasteiger partial charge in [-0.05, 0) is 51.0 Å². The predicted molar refractivity (Wildman–Crippen MR) is 75.9 cm³/mol. The first-order valence-electron chi connectivity index (χ1n) is 7.49.